The van der Waals surface area contributed by atoms with Crippen molar-refractivity contribution in [3.63, 3.8) is 0 Å². The van der Waals surface area contributed by atoms with Gasteiger partial charge in [-0.1, -0.05) is 6.07 Å². The van der Waals surface area contributed by atoms with Gasteiger partial charge in [0.1, 0.15) is 5.75 Å². The van der Waals surface area contributed by atoms with Crippen LogP contribution in [0.3, 0.4) is 0 Å². The molecule has 0 aliphatic carbocycles. The average molecular weight is 530 g/mol. The lowest BCUT2D eigenvalue weighted by atomic mass is 9.98. The number of guanidine groups is 1. The summed E-state index contributed by atoms with van der Waals surface area (Å²) in [6.45, 7) is 6.85. The van der Waals surface area contributed by atoms with Gasteiger partial charge < -0.3 is 24.6 Å². The number of nitrogens with zero attached hydrogens (tertiary/aromatic N) is 3. The first-order valence-corrected chi connectivity index (χ1v) is 10.7. The third-order valence-corrected chi connectivity index (χ3v) is 5.81. The predicted octanol–water partition coefficient (Wildman–Crippen LogP) is 2.99. The van der Waals surface area contributed by atoms with Crippen molar-refractivity contribution in [3.05, 3.63) is 24.3 Å². The summed E-state index contributed by atoms with van der Waals surface area (Å²) in [5.74, 6) is 2.20. The minimum Gasteiger partial charge on any atom is -0.497 e. The number of piperidine rings is 1. The highest BCUT2D eigenvalue weighted by Crippen LogP contribution is 2.26. The van der Waals surface area contributed by atoms with Crippen LogP contribution in [-0.2, 0) is 9.53 Å². The Morgan fingerprint density at radius 3 is 2.83 bits per heavy atom. The van der Waals surface area contributed by atoms with Crippen LogP contribution < -0.4 is 15.0 Å². The molecule has 0 spiro atoms. The number of carbonyl (C=O) groups excluding carboxylic acids is 1. The number of esters is 1. The molecule has 1 N–H and O–H groups in total. The lowest BCUT2D eigenvalue weighted by Gasteiger charge is -2.34. The van der Waals surface area contributed by atoms with Gasteiger partial charge in [0.05, 0.1) is 19.6 Å². The second-order valence-corrected chi connectivity index (χ2v) is 7.77. The molecule has 30 heavy (non-hydrogen) atoms. The summed E-state index contributed by atoms with van der Waals surface area (Å²) in [6, 6.07) is 8.25. The minimum absolute atomic E-state index is 0. The van der Waals surface area contributed by atoms with Crippen molar-refractivity contribution in [1.29, 1.82) is 0 Å². The maximum absolute atomic E-state index is 12.1. The van der Waals surface area contributed by atoms with Crippen LogP contribution in [-0.4, -0.2) is 70.3 Å². The zero-order valence-corrected chi connectivity index (χ0v) is 20.6. The number of anilines is 1. The molecule has 2 aliphatic rings. The molecule has 168 valence electrons. The molecule has 0 radical (unpaired) electrons. The number of benzene rings is 1. The Kier molecular flexibility index (Phi) is 10.0. The van der Waals surface area contributed by atoms with Gasteiger partial charge in [0, 0.05) is 51.5 Å². The molecular formula is C22H35IN4O3. The molecule has 8 heteroatoms. The number of ether oxygens (including phenoxy) is 2. The Bertz CT molecular complexity index is 715. The average Bonchev–Trinajstić information content (AvgIpc) is 3.24. The number of likely N-dealkylation sites (tertiary alicyclic amines) is 1. The smallest absolute Gasteiger partial charge is 0.310 e. The molecule has 1 aromatic rings. The summed E-state index contributed by atoms with van der Waals surface area (Å²) < 4.78 is 10.6. The topological polar surface area (TPSA) is 66.4 Å². The summed E-state index contributed by atoms with van der Waals surface area (Å²) in [4.78, 5) is 21.2. The molecule has 7 nitrogen and oxygen atoms in total. The van der Waals surface area contributed by atoms with Crippen molar-refractivity contribution in [2.75, 3.05) is 58.4 Å². The van der Waals surface area contributed by atoms with E-state index in [4.69, 9.17) is 9.47 Å². The van der Waals surface area contributed by atoms with E-state index >= 15 is 0 Å². The van der Waals surface area contributed by atoms with Crippen LogP contribution in [0.1, 0.15) is 26.2 Å². The summed E-state index contributed by atoms with van der Waals surface area (Å²) in [6.07, 6.45) is 3.02. The number of nitrogens with one attached hydrogen (secondary N) is 1. The number of rotatable bonds is 6. The van der Waals surface area contributed by atoms with E-state index in [-0.39, 0.29) is 35.9 Å². The number of hydrogen-bond acceptors (Lipinski definition) is 5. The van der Waals surface area contributed by atoms with Gasteiger partial charge >= 0.3 is 5.97 Å². The van der Waals surface area contributed by atoms with Crippen LogP contribution in [0.4, 0.5) is 5.69 Å². The van der Waals surface area contributed by atoms with E-state index in [1.54, 1.807) is 7.11 Å². The standard InChI is InChI=1S/C22H34N4O3.HI/c1-4-29-21(27)18-7-6-11-26(16-18)22(23-2)24-14-17-10-12-25(15-17)19-8-5-9-20(13-19)28-3;/h5,8-9,13,17-18H,4,6-7,10-12,14-16H2,1-3H3,(H,23,24);1H. The number of methoxy groups -OCH3 is 1. The van der Waals surface area contributed by atoms with E-state index in [0.717, 1.165) is 57.2 Å². The first kappa shape index (κ1) is 24.6. The van der Waals surface area contributed by atoms with E-state index < -0.39 is 0 Å². The number of hydrogen-bond donors (Lipinski definition) is 1. The largest absolute Gasteiger partial charge is 0.497 e. The van der Waals surface area contributed by atoms with Crippen LogP contribution in [0.5, 0.6) is 5.75 Å². The van der Waals surface area contributed by atoms with Crippen LogP contribution in [0, 0.1) is 11.8 Å². The molecule has 2 aliphatic heterocycles. The molecule has 2 atom stereocenters. The fraction of sp³-hybridized carbons (Fsp3) is 0.636. The molecule has 2 unspecified atom stereocenters. The van der Waals surface area contributed by atoms with Gasteiger partial charge in [0.15, 0.2) is 5.96 Å². The van der Waals surface area contributed by atoms with E-state index in [0.29, 0.717) is 19.1 Å². The first-order valence-electron chi connectivity index (χ1n) is 10.7. The molecule has 2 fully saturated rings. The summed E-state index contributed by atoms with van der Waals surface area (Å²) >= 11 is 0. The Morgan fingerprint density at radius 2 is 2.10 bits per heavy atom. The van der Waals surface area contributed by atoms with Crippen molar-refractivity contribution >= 4 is 41.6 Å². The van der Waals surface area contributed by atoms with Crippen molar-refractivity contribution in [1.82, 2.24) is 10.2 Å². The van der Waals surface area contributed by atoms with Crippen LogP contribution in [0.25, 0.3) is 0 Å². The molecule has 0 aromatic heterocycles. The second kappa shape index (κ2) is 12.2. The third-order valence-electron chi connectivity index (χ3n) is 5.81. The van der Waals surface area contributed by atoms with Crippen molar-refractivity contribution < 1.29 is 14.3 Å². The monoisotopic (exact) mass is 530 g/mol. The maximum atomic E-state index is 12.1. The Labute approximate surface area is 197 Å². The number of carbonyl (C=O) groups is 1. The lowest BCUT2D eigenvalue weighted by Crippen LogP contribution is -2.49. The highest BCUT2D eigenvalue weighted by Gasteiger charge is 2.29. The van der Waals surface area contributed by atoms with Gasteiger partial charge in [-0.25, -0.2) is 0 Å². The van der Waals surface area contributed by atoms with Gasteiger partial charge in [-0.3, -0.25) is 9.79 Å². The van der Waals surface area contributed by atoms with E-state index in [2.05, 4.69) is 32.2 Å². The van der Waals surface area contributed by atoms with Gasteiger partial charge in [-0.05, 0) is 44.2 Å². The molecule has 2 heterocycles. The molecule has 0 bridgehead atoms. The molecule has 3 rings (SSSR count). The highest BCUT2D eigenvalue weighted by molar-refractivity contribution is 14.0. The molecular weight excluding hydrogens is 495 g/mol. The van der Waals surface area contributed by atoms with Crippen LogP contribution in [0.2, 0.25) is 0 Å². The Hall–Kier alpha value is -1.71. The summed E-state index contributed by atoms with van der Waals surface area (Å²) in [5.41, 5.74) is 1.21. The fourth-order valence-electron chi connectivity index (χ4n) is 4.23. The third kappa shape index (κ3) is 6.39. The Morgan fingerprint density at radius 1 is 1.27 bits per heavy atom. The van der Waals surface area contributed by atoms with Crippen LogP contribution >= 0.6 is 24.0 Å². The summed E-state index contributed by atoms with van der Waals surface area (Å²) in [7, 11) is 3.52. The SMILES string of the molecule is CCOC(=O)C1CCCN(C(=NC)NCC2CCN(c3cccc(OC)c3)C2)C1.I. The first-order chi connectivity index (χ1) is 14.1. The van der Waals surface area contributed by atoms with Crippen LogP contribution in [0.15, 0.2) is 29.3 Å². The van der Waals surface area contributed by atoms with Crippen molar-refractivity contribution in [2.24, 2.45) is 16.8 Å². The quantitative estimate of drug-likeness (QED) is 0.264. The highest BCUT2D eigenvalue weighted by atomic mass is 127. The number of halogens is 1. The normalized spacial score (nSPS) is 21.8. The molecule has 0 amide bonds. The van der Waals surface area contributed by atoms with Gasteiger partial charge in [-0.15, -0.1) is 24.0 Å². The van der Waals surface area contributed by atoms with E-state index in [1.165, 1.54) is 5.69 Å². The zero-order chi connectivity index (χ0) is 20.6. The fourth-order valence-corrected chi connectivity index (χ4v) is 4.23. The molecule has 2 saturated heterocycles. The predicted molar refractivity (Wildman–Crippen MR) is 131 cm³/mol. The van der Waals surface area contributed by atoms with E-state index in [9.17, 15) is 4.79 Å². The minimum atomic E-state index is -0.0858. The second-order valence-electron chi connectivity index (χ2n) is 7.77. The van der Waals surface area contributed by atoms with E-state index in [1.807, 2.05) is 26.1 Å². The van der Waals surface area contributed by atoms with Gasteiger partial charge in [0.2, 0.25) is 0 Å². The number of aliphatic imine (C=N–C) groups is 1. The zero-order valence-electron chi connectivity index (χ0n) is 18.3. The Balaban J connectivity index is 0.00000320. The molecule has 0 saturated carbocycles. The molecule has 1 aromatic carbocycles. The summed E-state index contributed by atoms with van der Waals surface area (Å²) in [5, 5.41) is 3.54. The van der Waals surface area contributed by atoms with Gasteiger partial charge in [-0.2, -0.15) is 0 Å². The van der Waals surface area contributed by atoms with Crippen molar-refractivity contribution in [3.8, 4) is 5.75 Å². The lowest BCUT2D eigenvalue weighted by molar-refractivity contribution is -0.149. The van der Waals surface area contributed by atoms with Gasteiger partial charge in [0.25, 0.3) is 0 Å². The van der Waals surface area contributed by atoms with Crippen molar-refractivity contribution in [2.45, 2.75) is 26.2 Å². The maximum Gasteiger partial charge on any atom is 0.310 e.